The lowest BCUT2D eigenvalue weighted by atomic mass is 10.4. The number of hydrogen-bond donors (Lipinski definition) is 2. The van der Waals surface area contributed by atoms with E-state index >= 15 is 0 Å². The molecule has 0 atom stereocenters. The normalized spacial score (nSPS) is 9.50. The molecule has 0 unspecified atom stereocenters. The lowest BCUT2D eigenvalue weighted by Crippen LogP contribution is -2.26. The molecule has 14 heavy (non-hydrogen) atoms. The third-order valence-corrected chi connectivity index (χ3v) is 1.59. The van der Waals surface area contributed by atoms with E-state index in [9.17, 15) is 9.59 Å². The number of H-pyrrole nitrogens is 1. The molecule has 1 aromatic heterocycles. The van der Waals surface area contributed by atoms with Crippen molar-refractivity contribution < 1.29 is 14.3 Å². The highest BCUT2D eigenvalue weighted by Gasteiger charge is 2.06. The number of rotatable bonds is 4. The molecule has 0 aromatic carbocycles. The van der Waals surface area contributed by atoms with Gasteiger partial charge >= 0.3 is 5.97 Å². The van der Waals surface area contributed by atoms with Gasteiger partial charge in [0, 0.05) is 12.7 Å². The Morgan fingerprint density at radius 3 is 3.00 bits per heavy atom. The molecule has 0 aliphatic carbocycles. The third-order valence-electron chi connectivity index (χ3n) is 1.59. The predicted octanol–water partition coefficient (Wildman–Crippen LogP) is -0.297. The van der Waals surface area contributed by atoms with Gasteiger partial charge in [0.25, 0.3) is 5.91 Å². The second-order valence-corrected chi connectivity index (χ2v) is 2.55. The van der Waals surface area contributed by atoms with Crippen LogP contribution in [0.1, 0.15) is 16.9 Å². The van der Waals surface area contributed by atoms with Gasteiger partial charge in [0.1, 0.15) is 5.69 Å². The SMILES string of the molecule is COC(=O)CCNC(=O)c1ccn[nH]1. The quantitative estimate of drug-likeness (QED) is 0.649. The van der Waals surface area contributed by atoms with Gasteiger partial charge in [-0.25, -0.2) is 0 Å². The van der Waals surface area contributed by atoms with Gasteiger partial charge in [-0.05, 0) is 6.07 Å². The van der Waals surface area contributed by atoms with E-state index in [4.69, 9.17) is 0 Å². The molecule has 1 amide bonds. The number of carbonyl (C=O) groups excluding carboxylic acids is 2. The molecule has 0 fully saturated rings. The van der Waals surface area contributed by atoms with Crippen LogP contribution in [0.4, 0.5) is 0 Å². The van der Waals surface area contributed by atoms with Gasteiger partial charge in [-0.15, -0.1) is 0 Å². The third kappa shape index (κ3) is 2.89. The highest BCUT2D eigenvalue weighted by molar-refractivity contribution is 5.92. The van der Waals surface area contributed by atoms with Crippen molar-refractivity contribution in [1.29, 1.82) is 0 Å². The molecule has 0 aliphatic heterocycles. The molecule has 1 aromatic rings. The summed E-state index contributed by atoms with van der Waals surface area (Å²) in [5, 5.41) is 8.68. The van der Waals surface area contributed by atoms with Crippen LogP contribution < -0.4 is 5.32 Å². The number of hydrogen-bond acceptors (Lipinski definition) is 4. The number of aromatic amines is 1. The zero-order valence-electron chi connectivity index (χ0n) is 7.74. The second kappa shape index (κ2) is 5.00. The monoisotopic (exact) mass is 197 g/mol. The number of nitrogens with zero attached hydrogens (tertiary/aromatic N) is 1. The van der Waals surface area contributed by atoms with Crippen LogP contribution in [0, 0.1) is 0 Å². The highest BCUT2D eigenvalue weighted by Crippen LogP contribution is 1.91. The van der Waals surface area contributed by atoms with E-state index in [1.807, 2.05) is 0 Å². The molecule has 0 radical (unpaired) electrons. The highest BCUT2D eigenvalue weighted by atomic mass is 16.5. The molecular formula is C8H11N3O3. The van der Waals surface area contributed by atoms with Gasteiger partial charge in [-0.1, -0.05) is 0 Å². The molecular weight excluding hydrogens is 186 g/mol. The minimum Gasteiger partial charge on any atom is -0.469 e. The zero-order valence-corrected chi connectivity index (χ0v) is 7.74. The number of ether oxygens (including phenoxy) is 1. The number of amides is 1. The number of carbonyl (C=O) groups is 2. The predicted molar refractivity (Wildman–Crippen MR) is 47.6 cm³/mol. The van der Waals surface area contributed by atoms with E-state index in [1.54, 1.807) is 6.07 Å². The Bertz CT molecular complexity index is 308. The van der Waals surface area contributed by atoms with Gasteiger partial charge in [-0.3, -0.25) is 14.7 Å². The maximum Gasteiger partial charge on any atom is 0.307 e. The van der Waals surface area contributed by atoms with Crippen LogP contribution in [0.5, 0.6) is 0 Å². The molecule has 76 valence electrons. The van der Waals surface area contributed by atoms with Gasteiger partial charge in [0.15, 0.2) is 0 Å². The fourth-order valence-electron chi connectivity index (χ4n) is 0.858. The van der Waals surface area contributed by atoms with Crippen molar-refractivity contribution in [3.63, 3.8) is 0 Å². The first-order valence-corrected chi connectivity index (χ1v) is 4.08. The Kier molecular flexibility index (Phi) is 3.66. The van der Waals surface area contributed by atoms with Crippen molar-refractivity contribution >= 4 is 11.9 Å². The molecule has 0 spiro atoms. The average Bonchev–Trinajstić information content (AvgIpc) is 2.70. The summed E-state index contributed by atoms with van der Waals surface area (Å²) in [6, 6.07) is 1.55. The largest absolute Gasteiger partial charge is 0.469 e. The minimum atomic E-state index is -0.352. The maximum atomic E-state index is 11.2. The fraction of sp³-hybridized carbons (Fsp3) is 0.375. The van der Waals surface area contributed by atoms with Crippen molar-refractivity contribution in [1.82, 2.24) is 15.5 Å². The van der Waals surface area contributed by atoms with E-state index in [2.05, 4.69) is 20.3 Å². The summed E-state index contributed by atoms with van der Waals surface area (Å²) in [5.74, 6) is -0.638. The maximum absolute atomic E-state index is 11.2. The van der Waals surface area contributed by atoms with E-state index in [0.29, 0.717) is 5.69 Å². The van der Waals surface area contributed by atoms with E-state index < -0.39 is 0 Å². The van der Waals surface area contributed by atoms with Gasteiger partial charge < -0.3 is 10.1 Å². The van der Waals surface area contributed by atoms with Gasteiger partial charge in [-0.2, -0.15) is 5.10 Å². The van der Waals surface area contributed by atoms with Crippen LogP contribution in [-0.4, -0.2) is 35.7 Å². The lowest BCUT2D eigenvalue weighted by Gasteiger charge is -2.01. The van der Waals surface area contributed by atoms with E-state index in [0.717, 1.165) is 0 Å². The fourth-order valence-corrected chi connectivity index (χ4v) is 0.858. The van der Waals surface area contributed by atoms with Crippen molar-refractivity contribution in [2.75, 3.05) is 13.7 Å². The Hall–Kier alpha value is -1.85. The van der Waals surface area contributed by atoms with Gasteiger partial charge in [0.05, 0.1) is 13.5 Å². The number of methoxy groups -OCH3 is 1. The molecule has 0 saturated heterocycles. The summed E-state index contributed by atoms with van der Waals surface area (Å²) >= 11 is 0. The number of aromatic nitrogens is 2. The van der Waals surface area contributed by atoms with Crippen LogP contribution in [0.2, 0.25) is 0 Å². The molecule has 2 N–H and O–H groups in total. The standard InChI is InChI=1S/C8H11N3O3/c1-14-7(12)3-4-9-8(13)6-2-5-10-11-6/h2,5H,3-4H2,1H3,(H,9,13)(H,10,11). The summed E-state index contributed by atoms with van der Waals surface area (Å²) in [5.41, 5.74) is 0.370. The molecule has 6 nitrogen and oxygen atoms in total. The first-order valence-electron chi connectivity index (χ1n) is 4.08. The molecule has 0 aliphatic rings. The molecule has 1 heterocycles. The van der Waals surface area contributed by atoms with Crippen molar-refractivity contribution in [2.24, 2.45) is 0 Å². The van der Waals surface area contributed by atoms with Crippen LogP contribution in [0.3, 0.4) is 0 Å². The van der Waals surface area contributed by atoms with E-state index in [1.165, 1.54) is 13.3 Å². The first-order chi connectivity index (χ1) is 6.74. The first kappa shape index (κ1) is 10.2. The molecule has 0 saturated carbocycles. The topological polar surface area (TPSA) is 84.1 Å². The van der Waals surface area contributed by atoms with Gasteiger partial charge in [0.2, 0.25) is 0 Å². The summed E-state index contributed by atoms with van der Waals surface area (Å²) in [7, 11) is 1.30. The van der Waals surface area contributed by atoms with Crippen LogP contribution in [0.15, 0.2) is 12.3 Å². The van der Waals surface area contributed by atoms with E-state index in [-0.39, 0.29) is 24.8 Å². The molecule has 0 bridgehead atoms. The molecule has 6 heteroatoms. The summed E-state index contributed by atoms with van der Waals surface area (Å²) in [4.78, 5) is 21.9. The molecule has 1 rings (SSSR count). The summed E-state index contributed by atoms with van der Waals surface area (Å²) in [6.45, 7) is 0.254. The zero-order chi connectivity index (χ0) is 10.4. The Labute approximate surface area is 80.6 Å². The average molecular weight is 197 g/mol. The van der Waals surface area contributed by atoms with Crippen molar-refractivity contribution in [2.45, 2.75) is 6.42 Å². The van der Waals surface area contributed by atoms with Crippen LogP contribution in [0.25, 0.3) is 0 Å². The second-order valence-electron chi connectivity index (χ2n) is 2.55. The minimum absolute atomic E-state index is 0.163. The van der Waals surface area contributed by atoms with Crippen molar-refractivity contribution in [3.05, 3.63) is 18.0 Å². The lowest BCUT2D eigenvalue weighted by molar-refractivity contribution is -0.140. The Morgan fingerprint density at radius 1 is 1.64 bits per heavy atom. The number of nitrogens with one attached hydrogen (secondary N) is 2. The Morgan fingerprint density at radius 2 is 2.43 bits per heavy atom. The Balaban J connectivity index is 2.26. The summed E-state index contributed by atoms with van der Waals surface area (Å²) < 4.78 is 4.41. The van der Waals surface area contributed by atoms with Crippen molar-refractivity contribution in [3.8, 4) is 0 Å². The van der Waals surface area contributed by atoms with Crippen LogP contribution in [-0.2, 0) is 9.53 Å². The summed E-state index contributed by atoms with van der Waals surface area (Å²) in [6.07, 6.45) is 1.64. The number of esters is 1. The smallest absolute Gasteiger partial charge is 0.307 e. The van der Waals surface area contributed by atoms with Crippen LogP contribution >= 0.6 is 0 Å².